The van der Waals surface area contributed by atoms with Gasteiger partial charge in [0.25, 0.3) is 0 Å². The maximum absolute atomic E-state index is 12.5. The average molecular weight is 422 g/mol. The molecule has 0 aliphatic carbocycles. The number of amides is 2. The molecule has 0 unspecified atom stereocenters. The molecule has 0 saturated carbocycles. The monoisotopic (exact) mass is 421 g/mol. The summed E-state index contributed by atoms with van der Waals surface area (Å²) in [6.07, 6.45) is 3.76. The highest BCUT2D eigenvalue weighted by molar-refractivity contribution is 7.85. The zero-order valence-corrected chi connectivity index (χ0v) is 19.8. The largest absolute Gasteiger partial charge is 0.336 e. The molecule has 0 bridgehead atoms. The van der Waals surface area contributed by atoms with E-state index < -0.39 is 10.8 Å². The SMILES string of the molecule is CC[C@@H]1CCCN(C(C)(C)CNC(=O)Nc2cccc(C[S@@](=O)C(C)(C)C)c2)C1. The van der Waals surface area contributed by atoms with E-state index in [1.54, 1.807) is 0 Å². The topological polar surface area (TPSA) is 61.4 Å². The molecule has 1 aliphatic heterocycles. The molecule has 1 aromatic rings. The lowest BCUT2D eigenvalue weighted by atomic mass is 9.91. The van der Waals surface area contributed by atoms with Crippen LogP contribution in [-0.4, -0.2) is 45.1 Å². The Morgan fingerprint density at radius 1 is 1.24 bits per heavy atom. The number of benzene rings is 1. The minimum Gasteiger partial charge on any atom is -0.336 e. The minimum absolute atomic E-state index is 0.0728. The molecular weight excluding hydrogens is 382 g/mol. The summed E-state index contributed by atoms with van der Waals surface area (Å²) in [5.41, 5.74) is 1.62. The summed E-state index contributed by atoms with van der Waals surface area (Å²) in [4.78, 5) is 15.0. The highest BCUT2D eigenvalue weighted by Crippen LogP contribution is 2.25. The van der Waals surface area contributed by atoms with Crippen LogP contribution in [0.4, 0.5) is 10.5 Å². The van der Waals surface area contributed by atoms with Gasteiger partial charge in [0.15, 0.2) is 0 Å². The predicted molar refractivity (Wildman–Crippen MR) is 124 cm³/mol. The number of piperidine rings is 1. The number of hydrogen-bond acceptors (Lipinski definition) is 3. The Morgan fingerprint density at radius 2 is 1.97 bits per heavy atom. The Kier molecular flexibility index (Phi) is 8.29. The molecular formula is C23H39N3O2S. The smallest absolute Gasteiger partial charge is 0.319 e. The standard InChI is InChI=1S/C23H39N3O2S/c1-7-18-11-9-13-26(15-18)23(5,6)17-24-21(27)25-20-12-8-10-19(14-20)16-29(28)22(2,3)4/h8,10,12,14,18H,7,9,11,13,15-17H2,1-6H3,(H2,24,25,27)/t18-,29-/m1/s1. The van der Waals surface area contributed by atoms with Crippen LogP contribution in [0.25, 0.3) is 0 Å². The quantitative estimate of drug-likeness (QED) is 0.667. The second kappa shape index (κ2) is 10.1. The van der Waals surface area contributed by atoms with Crippen molar-refractivity contribution >= 4 is 22.5 Å². The number of rotatable bonds is 7. The van der Waals surface area contributed by atoms with E-state index in [2.05, 4.69) is 36.3 Å². The van der Waals surface area contributed by atoms with Gasteiger partial charge in [-0.15, -0.1) is 0 Å². The van der Waals surface area contributed by atoms with Gasteiger partial charge < -0.3 is 10.6 Å². The summed E-state index contributed by atoms with van der Waals surface area (Å²) in [5.74, 6) is 1.25. The van der Waals surface area contributed by atoms with Gasteiger partial charge in [0.1, 0.15) is 0 Å². The molecule has 1 saturated heterocycles. The van der Waals surface area contributed by atoms with Crippen molar-refractivity contribution in [2.75, 3.05) is 25.0 Å². The Morgan fingerprint density at radius 3 is 2.62 bits per heavy atom. The Bertz CT molecular complexity index is 712. The summed E-state index contributed by atoms with van der Waals surface area (Å²) in [5, 5.41) is 5.96. The Labute approximate surface area is 179 Å². The van der Waals surface area contributed by atoms with Crippen LogP contribution in [0, 0.1) is 5.92 Å². The van der Waals surface area contributed by atoms with Crippen LogP contribution in [0.1, 0.15) is 66.4 Å². The van der Waals surface area contributed by atoms with E-state index in [1.165, 1.54) is 19.3 Å². The van der Waals surface area contributed by atoms with E-state index in [1.807, 2.05) is 45.0 Å². The van der Waals surface area contributed by atoms with Crippen molar-refractivity contribution in [1.29, 1.82) is 0 Å². The zero-order chi connectivity index (χ0) is 21.7. The van der Waals surface area contributed by atoms with Crippen molar-refractivity contribution in [2.45, 2.75) is 76.8 Å². The molecule has 1 aromatic carbocycles. The number of likely N-dealkylation sites (tertiary alicyclic amines) is 1. The van der Waals surface area contributed by atoms with E-state index in [0.29, 0.717) is 12.3 Å². The first-order valence-corrected chi connectivity index (χ1v) is 12.1. The van der Waals surface area contributed by atoms with Crippen molar-refractivity contribution in [1.82, 2.24) is 10.2 Å². The highest BCUT2D eigenvalue weighted by Gasteiger charge is 2.31. The fourth-order valence-electron chi connectivity index (χ4n) is 3.64. The molecule has 0 spiro atoms. The van der Waals surface area contributed by atoms with Crippen LogP contribution in [0.2, 0.25) is 0 Å². The van der Waals surface area contributed by atoms with Gasteiger partial charge in [0.2, 0.25) is 0 Å². The molecule has 29 heavy (non-hydrogen) atoms. The van der Waals surface area contributed by atoms with Gasteiger partial charge in [-0.2, -0.15) is 0 Å². The van der Waals surface area contributed by atoms with Crippen molar-refractivity contribution < 1.29 is 9.00 Å². The summed E-state index contributed by atoms with van der Waals surface area (Å²) in [7, 11) is -0.965. The number of urea groups is 1. The number of nitrogens with one attached hydrogen (secondary N) is 2. The molecule has 0 aromatic heterocycles. The zero-order valence-electron chi connectivity index (χ0n) is 19.0. The van der Waals surface area contributed by atoms with Crippen LogP contribution in [0.15, 0.2) is 24.3 Å². The van der Waals surface area contributed by atoms with Gasteiger partial charge in [0, 0.05) is 45.6 Å². The third kappa shape index (κ3) is 7.41. The van der Waals surface area contributed by atoms with Gasteiger partial charge in [-0.25, -0.2) is 4.79 Å². The molecule has 1 fully saturated rings. The molecule has 1 heterocycles. The minimum atomic E-state index is -0.965. The molecule has 5 nitrogen and oxygen atoms in total. The fraction of sp³-hybridized carbons (Fsp3) is 0.696. The van der Waals surface area contributed by atoms with Crippen molar-refractivity contribution in [2.24, 2.45) is 5.92 Å². The lowest BCUT2D eigenvalue weighted by Crippen LogP contribution is -2.55. The van der Waals surface area contributed by atoms with E-state index in [0.717, 1.165) is 30.3 Å². The lowest BCUT2D eigenvalue weighted by Gasteiger charge is -2.43. The Balaban J connectivity index is 1.89. The van der Waals surface area contributed by atoms with E-state index >= 15 is 0 Å². The third-order valence-corrected chi connectivity index (χ3v) is 7.76. The predicted octanol–water partition coefficient (Wildman–Crippen LogP) is 4.76. The molecule has 2 N–H and O–H groups in total. The van der Waals surface area contributed by atoms with E-state index in [9.17, 15) is 9.00 Å². The molecule has 0 radical (unpaired) electrons. The van der Waals surface area contributed by atoms with Crippen LogP contribution >= 0.6 is 0 Å². The van der Waals surface area contributed by atoms with Gasteiger partial charge >= 0.3 is 6.03 Å². The number of carbonyl (C=O) groups is 1. The third-order valence-electron chi connectivity index (χ3n) is 5.80. The molecule has 164 valence electrons. The molecule has 2 atom stereocenters. The van der Waals surface area contributed by atoms with Gasteiger partial charge in [-0.3, -0.25) is 9.11 Å². The second-order valence-electron chi connectivity index (χ2n) is 9.79. The number of nitrogens with zero attached hydrogens (tertiary/aromatic N) is 1. The first-order chi connectivity index (χ1) is 13.5. The fourth-order valence-corrected chi connectivity index (χ4v) is 4.55. The Hall–Kier alpha value is -1.40. The van der Waals surface area contributed by atoms with E-state index in [4.69, 9.17) is 0 Å². The summed E-state index contributed by atoms with van der Waals surface area (Å²) >= 11 is 0. The van der Waals surface area contributed by atoms with Crippen molar-refractivity contribution in [3.63, 3.8) is 0 Å². The molecule has 2 amide bonds. The van der Waals surface area contributed by atoms with Crippen molar-refractivity contribution in [3.8, 4) is 0 Å². The summed E-state index contributed by atoms with van der Waals surface area (Å²) < 4.78 is 12.1. The maximum Gasteiger partial charge on any atom is 0.319 e. The van der Waals surface area contributed by atoms with Crippen LogP contribution in [0.5, 0.6) is 0 Å². The van der Waals surface area contributed by atoms with Crippen LogP contribution in [-0.2, 0) is 16.6 Å². The average Bonchev–Trinajstić information content (AvgIpc) is 2.66. The first-order valence-electron chi connectivity index (χ1n) is 10.8. The van der Waals surface area contributed by atoms with Crippen molar-refractivity contribution in [3.05, 3.63) is 29.8 Å². The van der Waals surface area contributed by atoms with Gasteiger partial charge in [0.05, 0.1) is 0 Å². The second-order valence-corrected chi connectivity index (χ2v) is 12.0. The van der Waals surface area contributed by atoms with Gasteiger partial charge in [-0.05, 0) is 77.6 Å². The maximum atomic E-state index is 12.5. The number of hydrogen-bond donors (Lipinski definition) is 2. The molecule has 1 aliphatic rings. The van der Waals surface area contributed by atoms with Gasteiger partial charge in [-0.1, -0.05) is 25.5 Å². The highest BCUT2D eigenvalue weighted by atomic mass is 32.2. The lowest BCUT2D eigenvalue weighted by molar-refractivity contribution is 0.0669. The molecule has 2 rings (SSSR count). The summed E-state index contributed by atoms with van der Waals surface area (Å²) in [6.45, 7) is 15.4. The molecule has 6 heteroatoms. The van der Waals surface area contributed by atoms with Crippen LogP contribution < -0.4 is 10.6 Å². The van der Waals surface area contributed by atoms with Crippen LogP contribution in [0.3, 0.4) is 0 Å². The summed E-state index contributed by atoms with van der Waals surface area (Å²) in [6, 6.07) is 7.43. The van der Waals surface area contributed by atoms with E-state index in [-0.39, 0.29) is 16.3 Å². The number of carbonyl (C=O) groups excluding carboxylic acids is 1. The normalized spacial score (nSPS) is 19.6. The number of anilines is 1. The first kappa shape index (κ1) is 23.9.